The Balaban J connectivity index is 2.01. The first kappa shape index (κ1) is 16.2. The van der Waals surface area contributed by atoms with E-state index in [0.29, 0.717) is 0 Å². The molecular weight excluding hydrogens is 311 g/mol. The molecule has 0 amide bonds. The monoisotopic (exact) mass is 333 g/mol. The maximum absolute atomic E-state index is 2.39. The molecule has 115 valence electrons. The minimum Gasteiger partial charge on any atom is -0.0671 e. The average molecular weight is 333 g/mol. The van der Waals surface area contributed by atoms with Gasteiger partial charge in [0, 0.05) is 6.16 Å². The maximum Gasteiger partial charge on any atom is 0.0795 e. The SMILES string of the molecule is C[Si](C)c1ccccc1CP(c1ccccc1)c1ccccc1. The molecule has 23 heavy (non-hydrogen) atoms. The van der Waals surface area contributed by atoms with Crippen molar-refractivity contribution in [1.29, 1.82) is 0 Å². The third kappa shape index (κ3) is 3.99. The minimum atomic E-state index is -0.439. The van der Waals surface area contributed by atoms with Crippen molar-refractivity contribution in [2.24, 2.45) is 0 Å². The number of hydrogen-bond acceptors (Lipinski definition) is 0. The predicted molar refractivity (Wildman–Crippen MR) is 106 cm³/mol. The van der Waals surface area contributed by atoms with E-state index in [2.05, 4.69) is 98.0 Å². The van der Waals surface area contributed by atoms with E-state index in [4.69, 9.17) is 0 Å². The predicted octanol–water partition coefficient (Wildman–Crippen LogP) is 4.28. The van der Waals surface area contributed by atoms with Gasteiger partial charge in [-0.1, -0.05) is 103 Å². The third-order valence-electron chi connectivity index (χ3n) is 4.02. The fourth-order valence-corrected chi connectivity index (χ4v) is 6.60. The highest BCUT2D eigenvalue weighted by atomic mass is 31.1. The van der Waals surface area contributed by atoms with Gasteiger partial charge in [-0.05, 0) is 24.1 Å². The van der Waals surface area contributed by atoms with E-state index in [-0.39, 0.29) is 7.92 Å². The molecule has 0 aromatic heterocycles. The van der Waals surface area contributed by atoms with Crippen molar-refractivity contribution in [2.75, 3.05) is 0 Å². The van der Waals surface area contributed by atoms with Gasteiger partial charge in [-0.25, -0.2) is 0 Å². The molecule has 0 nitrogen and oxygen atoms in total. The van der Waals surface area contributed by atoms with E-state index in [1.807, 2.05) is 0 Å². The average Bonchev–Trinajstić information content (AvgIpc) is 2.61. The van der Waals surface area contributed by atoms with Crippen molar-refractivity contribution in [2.45, 2.75) is 19.3 Å². The molecule has 0 aliphatic heterocycles. The van der Waals surface area contributed by atoms with Crippen molar-refractivity contribution in [3.8, 4) is 0 Å². The summed E-state index contributed by atoms with van der Waals surface area (Å²) in [6, 6.07) is 31.0. The zero-order valence-electron chi connectivity index (χ0n) is 13.7. The summed E-state index contributed by atoms with van der Waals surface area (Å²) in [6.07, 6.45) is 1.13. The highest BCUT2D eigenvalue weighted by Crippen LogP contribution is 2.37. The highest BCUT2D eigenvalue weighted by molar-refractivity contribution is 7.72. The van der Waals surface area contributed by atoms with Crippen LogP contribution in [0.5, 0.6) is 0 Å². The van der Waals surface area contributed by atoms with Gasteiger partial charge in [0.1, 0.15) is 0 Å². The largest absolute Gasteiger partial charge is 0.0795 e. The second-order valence-electron chi connectivity index (χ2n) is 5.91. The van der Waals surface area contributed by atoms with Gasteiger partial charge in [0.05, 0.1) is 8.80 Å². The fourth-order valence-electron chi connectivity index (χ4n) is 2.86. The quantitative estimate of drug-likeness (QED) is 0.483. The Labute approximate surface area is 142 Å². The summed E-state index contributed by atoms with van der Waals surface area (Å²) in [5, 5.41) is 4.51. The lowest BCUT2D eigenvalue weighted by molar-refractivity contribution is 1.43. The molecule has 1 radical (unpaired) electrons. The Morgan fingerprint density at radius 2 is 1.13 bits per heavy atom. The lowest BCUT2D eigenvalue weighted by Gasteiger charge is -2.21. The van der Waals surface area contributed by atoms with Gasteiger partial charge in [-0.3, -0.25) is 0 Å². The number of benzene rings is 3. The Bertz CT molecular complexity index is 699. The van der Waals surface area contributed by atoms with Gasteiger partial charge in [0.25, 0.3) is 0 Å². The van der Waals surface area contributed by atoms with Crippen LogP contribution >= 0.6 is 7.92 Å². The van der Waals surface area contributed by atoms with Gasteiger partial charge in [-0.15, -0.1) is 0 Å². The summed E-state index contributed by atoms with van der Waals surface area (Å²) in [5.41, 5.74) is 1.53. The van der Waals surface area contributed by atoms with Crippen LogP contribution in [0.15, 0.2) is 84.9 Å². The molecule has 3 aromatic rings. The van der Waals surface area contributed by atoms with E-state index < -0.39 is 8.80 Å². The summed E-state index contributed by atoms with van der Waals surface area (Å²) in [7, 11) is -0.791. The van der Waals surface area contributed by atoms with E-state index in [1.165, 1.54) is 16.2 Å². The summed E-state index contributed by atoms with van der Waals surface area (Å²) in [4.78, 5) is 0. The molecular formula is C21H22PSi. The lowest BCUT2D eigenvalue weighted by atomic mass is 10.2. The summed E-state index contributed by atoms with van der Waals surface area (Å²) in [5.74, 6) is 0. The lowest BCUT2D eigenvalue weighted by Crippen LogP contribution is -2.27. The molecule has 0 saturated carbocycles. The van der Waals surface area contributed by atoms with Crippen LogP contribution in [0.3, 0.4) is 0 Å². The third-order valence-corrected chi connectivity index (χ3v) is 8.09. The van der Waals surface area contributed by atoms with E-state index in [0.717, 1.165) is 6.16 Å². The Hall–Kier alpha value is -1.69. The van der Waals surface area contributed by atoms with Gasteiger partial charge in [-0.2, -0.15) is 0 Å². The molecule has 0 heterocycles. The minimum absolute atomic E-state index is 0.352. The van der Waals surface area contributed by atoms with Crippen LogP contribution in [0.25, 0.3) is 0 Å². The summed E-state index contributed by atoms with van der Waals surface area (Å²) in [6.45, 7) is 4.77. The van der Waals surface area contributed by atoms with Gasteiger partial charge in [0.15, 0.2) is 0 Å². The Kier molecular flexibility index (Phi) is 5.43. The Morgan fingerprint density at radius 3 is 1.65 bits per heavy atom. The van der Waals surface area contributed by atoms with Crippen LogP contribution in [0.4, 0.5) is 0 Å². The normalized spacial score (nSPS) is 11.1. The van der Waals surface area contributed by atoms with Crippen LogP contribution in [0.1, 0.15) is 5.56 Å². The first-order valence-electron chi connectivity index (χ1n) is 8.02. The summed E-state index contributed by atoms with van der Waals surface area (Å²) < 4.78 is 0. The molecule has 0 aliphatic rings. The zero-order valence-corrected chi connectivity index (χ0v) is 15.6. The first-order chi connectivity index (χ1) is 11.3. The smallest absolute Gasteiger partial charge is 0.0671 e. The topological polar surface area (TPSA) is 0 Å². The standard InChI is InChI=1S/C21H22PSi/c1-23(2)21-16-10-9-11-18(21)17-22(19-12-5-3-6-13-19)20-14-7-4-8-15-20/h3-16H,17H2,1-2H3. The van der Waals surface area contributed by atoms with Crippen molar-refractivity contribution in [3.63, 3.8) is 0 Å². The molecule has 0 N–H and O–H groups in total. The molecule has 3 rings (SSSR count). The van der Waals surface area contributed by atoms with Gasteiger partial charge >= 0.3 is 0 Å². The molecule has 0 spiro atoms. The van der Waals surface area contributed by atoms with E-state index >= 15 is 0 Å². The van der Waals surface area contributed by atoms with Gasteiger partial charge < -0.3 is 0 Å². The Morgan fingerprint density at radius 1 is 0.652 bits per heavy atom. The molecule has 0 aliphatic carbocycles. The van der Waals surface area contributed by atoms with Crippen molar-refractivity contribution < 1.29 is 0 Å². The van der Waals surface area contributed by atoms with Crippen molar-refractivity contribution >= 4 is 32.5 Å². The maximum atomic E-state index is 2.39. The van der Waals surface area contributed by atoms with Crippen LogP contribution in [-0.2, 0) is 6.16 Å². The van der Waals surface area contributed by atoms with Crippen molar-refractivity contribution in [1.82, 2.24) is 0 Å². The highest BCUT2D eigenvalue weighted by Gasteiger charge is 2.16. The molecule has 0 atom stereocenters. The number of rotatable bonds is 5. The number of hydrogen-bond donors (Lipinski definition) is 0. The van der Waals surface area contributed by atoms with E-state index in [1.54, 1.807) is 5.19 Å². The van der Waals surface area contributed by atoms with Crippen LogP contribution < -0.4 is 15.8 Å². The van der Waals surface area contributed by atoms with Crippen LogP contribution in [0.2, 0.25) is 13.1 Å². The summed E-state index contributed by atoms with van der Waals surface area (Å²) >= 11 is 0. The molecule has 0 bridgehead atoms. The van der Waals surface area contributed by atoms with Crippen molar-refractivity contribution in [3.05, 3.63) is 90.5 Å². The van der Waals surface area contributed by atoms with E-state index in [9.17, 15) is 0 Å². The first-order valence-corrected chi connectivity index (χ1v) is 12.0. The molecule has 0 fully saturated rings. The molecule has 3 aromatic carbocycles. The fraction of sp³-hybridized carbons (Fsp3) is 0.143. The molecule has 2 heteroatoms. The molecule has 0 unspecified atom stereocenters. The second kappa shape index (κ2) is 7.72. The molecule has 0 saturated heterocycles. The second-order valence-corrected chi connectivity index (χ2v) is 10.7. The van der Waals surface area contributed by atoms with Gasteiger partial charge in [0.2, 0.25) is 0 Å². The zero-order chi connectivity index (χ0) is 16.1. The van der Waals surface area contributed by atoms with Crippen LogP contribution in [0, 0.1) is 0 Å². The van der Waals surface area contributed by atoms with Crippen LogP contribution in [-0.4, -0.2) is 8.80 Å².